The van der Waals surface area contributed by atoms with E-state index in [1.807, 2.05) is 6.92 Å². The molecule has 0 amide bonds. The van der Waals surface area contributed by atoms with Crippen molar-refractivity contribution in [2.75, 3.05) is 0 Å². The minimum absolute atomic E-state index is 0.199. The number of halogens is 1. The molecule has 0 bridgehead atoms. The normalized spacial score (nSPS) is 11.2. The van der Waals surface area contributed by atoms with Crippen LogP contribution >= 0.6 is 0 Å². The number of rotatable bonds is 2. The average Bonchev–Trinajstić information content (AvgIpc) is 2.77. The lowest BCUT2D eigenvalue weighted by Gasteiger charge is -2.06. The molecule has 6 heteroatoms. The van der Waals surface area contributed by atoms with Gasteiger partial charge in [0.2, 0.25) is 0 Å². The molecule has 2 aromatic heterocycles. The summed E-state index contributed by atoms with van der Waals surface area (Å²) in [5.41, 5.74) is 2.06. The summed E-state index contributed by atoms with van der Waals surface area (Å²) in [5, 5.41) is 4.13. The van der Waals surface area contributed by atoms with Gasteiger partial charge >= 0.3 is 0 Å². The summed E-state index contributed by atoms with van der Waals surface area (Å²) in [6, 6.07) is 4.87. The van der Waals surface area contributed by atoms with E-state index in [9.17, 15) is 9.18 Å². The highest BCUT2D eigenvalue weighted by Gasteiger charge is 2.11. The molecule has 0 unspecified atom stereocenters. The van der Waals surface area contributed by atoms with Crippen molar-refractivity contribution in [2.24, 2.45) is 0 Å². The maximum atomic E-state index is 13.8. The first kappa shape index (κ1) is 12.5. The summed E-state index contributed by atoms with van der Waals surface area (Å²) >= 11 is 0. The molecule has 0 fully saturated rings. The van der Waals surface area contributed by atoms with Crippen LogP contribution in [0.3, 0.4) is 0 Å². The van der Waals surface area contributed by atoms with E-state index in [1.165, 1.54) is 16.9 Å². The zero-order valence-electron chi connectivity index (χ0n) is 11.1. The fourth-order valence-electron chi connectivity index (χ4n) is 2.23. The molecule has 0 aliphatic heterocycles. The third-order valence-electron chi connectivity index (χ3n) is 3.14. The minimum Gasteiger partial charge on any atom is -0.309 e. The van der Waals surface area contributed by atoms with Crippen molar-refractivity contribution in [2.45, 2.75) is 20.4 Å². The number of hydrogen-bond acceptors (Lipinski definition) is 3. The third kappa shape index (κ3) is 2.09. The molecular weight excluding hydrogens is 259 g/mol. The van der Waals surface area contributed by atoms with Gasteiger partial charge < -0.3 is 4.98 Å². The van der Waals surface area contributed by atoms with Crippen molar-refractivity contribution in [1.82, 2.24) is 19.7 Å². The minimum atomic E-state index is -0.309. The molecule has 102 valence electrons. The third-order valence-corrected chi connectivity index (χ3v) is 3.14. The van der Waals surface area contributed by atoms with Crippen LogP contribution in [0.25, 0.3) is 11.0 Å². The predicted octanol–water partition coefficient (Wildman–Crippen LogP) is 1.92. The molecule has 3 aromatic rings. The maximum absolute atomic E-state index is 13.8. The summed E-state index contributed by atoms with van der Waals surface area (Å²) in [4.78, 5) is 18.8. The molecule has 20 heavy (non-hydrogen) atoms. The molecule has 1 aromatic carbocycles. The van der Waals surface area contributed by atoms with E-state index in [0.717, 1.165) is 5.56 Å². The van der Waals surface area contributed by atoms with Gasteiger partial charge in [0.1, 0.15) is 17.2 Å². The molecular formula is C14H13FN4O. The number of H-pyrrole nitrogens is 1. The van der Waals surface area contributed by atoms with Crippen LogP contribution in [-0.4, -0.2) is 19.7 Å². The van der Waals surface area contributed by atoms with Crippen molar-refractivity contribution >= 4 is 11.0 Å². The monoisotopic (exact) mass is 272 g/mol. The van der Waals surface area contributed by atoms with Gasteiger partial charge in [-0.1, -0.05) is 17.7 Å². The molecule has 0 spiro atoms. The lowest BCUT2D eigenvalue weighted by Crippen LogP contribution is -2.15. The van der Waals surface area contributed by atoms with Crippen molar-refractivity contribution in [3.8, 4) is 0 Å². The van der Waals surface area contributed by atoms with Crippen molar-refractivity contribution in [1.29, 1.82) is 0 Å². The Kier molecular flexibility index (Phi) is 2.85. The first-order valence-corrected chi connectivity index (χ1v) is 6.22. The van der Waals surface area contributed by atoms with Gasteiger partial charge in [-0.15, -0.1) is 0 Å². The highest BCUT2D eigenvalue weighted by atomic mass is 19.1. The quantitative estimate of drug-likeness (QED) is 0.775. The van der Waals surface area contributed by atoms with Crippen LogP contribution in [0.2, 0.25) is 0 Å². The molecule has 5 nitrogen and oxygen atoms in total. The standard InChI is InChI=1S/C14H13FN4O/c1-8-3-4-11(15)10(5-8)7-19-13-12(6-16-19)17-9(2)18-14(13)20/h3-6H,7H2,1-2H3,(H,17,18,20). The first-order valence-electron chi connectivity index (χ1n) is 6.22. The zero-order valence-corrected chi connectivity index (χ0v) is 11.1. The predicted molar refractivity (Wildman–Crippen MR) is 73.1 cm³/mol. The fourth-order valence-corrected chi connectivity index (χ4v) is 2.23. The van der Waals surface area contributed by atoms with Crippen LogP contribution in [0.5, 0.6) is 0 Å². The molecule has 0 aliphatic rings. The summed E-state index contributed by atoms with van der Waals surface area (Å²) in [7, 11) is 0. The van der Waals surface area contributed by atoms with Gasteiger partial charge in [0, 0.05) is 5.56 Å². The van der Waals surface area contributed by atoms with Crippen molar-refractivity contribution in [3.63, 3.8) is 0 Å². The van der Waals surface area contributed by atoms with Gasteiger partial charge in [0.05, 0.1) is 12.7 Å². The van der Waals surface area contributed by atoms with Crippen LogP contribution in [0.4, 0.5) is 4.39 Å². The number of nitrogens with zero attached hydrogens (tertiary/aromatic N) is 3. The van der Waals surface area contributed by atoms with Gasteiger partial charge in [-0.25, -0.2) is 9.37 Å². The van der Waals surface area contributed by atoms with E-state index in [4.69, 9.17) is 0 Å². The second-order valence-corrected chi connectivity index (χ2v) is 4.78. The van der Waals surface area contributed by atoms with E-state index in [-0.39, 0.29) is 17.9 Å². The molecule has 3 rings (SSSR count). The van der Waals surface area contributed by atoms with Gasteiger partial charge in [-0.2, -0.15) is 5.10 Å². The Bertz CT molecular complexity index is 850. The van der Waals surface area contributed by atoms with E-state index < -0.39 is 0 Å². The van der Waals surface area contributed by atoms with E-state index in [1.54, 1.807) is 19.1 Å². The van der Waals surface area contributed by atoms with Crippen LogP contribution < -0.4 is 5.56 Å². The van der Waals surface area contributed by atoms with E-state index >= 15 is 0 Å². The lowest BCUT2D eigenvalue weighted by molar-refractivity contribution is 0.589. The Balaban J connectivity index is 2.12. The van der Waals surface area contributed by atoms with E-state index in [2.05, 4.69) is 15.1 Å². The number of benzene rings is 1. The number of aromatic nitrogens is 4. The van der Waals surface area contributed by atoms with Crippen LogP contribution in [0, 0.1) is 19.7 Å². The Morgan fingerprint density at radius 2 is 2.15 bits per heavy atom. The number of nitrogens with one attached hydrogen (secondary N) is 1. The number of hydrogen-bond donors (Lipinski definition) is 1. The van der Waals surface area contributed by atoms with Crippen LogP contribution in [0.15, 0.2) is 29.2 Å². The Hall–Kier alpha value is -2.50. The molecule has 2 heterocycles. The fraction of sp³-hybridized carbons (Fsp3) is 0.214. The zero-order chi connectivity index (χ0) is 14.3. The summed E-state index contributed by atoms with van der Waals surface area (Å²) < 4.78 is 15.3. The van der Waals surface area contributed by atoms with Gasteiger partial charge in [0.15, 0.2) is 5.52 Å². The molecule has 0 aliphatic carbocycles. The van der Waals surface area contributed by atoms with Crippen LogP contribution in [0.1, 0.15) is 17.0 Å². The van der Waals surface area contributed by atoms with Gasteiger partial charge in [-0.3, -0.25) is 9.48 Å². The Morgan fingerprint density at radius 1 is 1.35 bits per heavy atom. The highest BCUT2D eigenvalue weighted by Crippen LogP contribution is 2.14. The number of aromatic amines is 1. The summed E-state index contributed by atoms with van der Waals surface area (Å²) in [5.74, 6) is 0.222. The molecule has 0 saturated carbocycles. The number of fused-ring (bicyclic) bond motifs is 1. The smallest absolute Gasteiger partial charge is 0.277 e. The van der Waals surface area contributed by atoms with Crippen molar-refractivity contribution in [3.05, 3.63) is 57.5 Å². The van der Waals surface area contributed by atoms with Gasteiger partial charge in [0.25, 0.3) is 5.56 Å². The Labute approximate surface area is 114 Å². The van der Waals surface area contributed by atoms with E-state index in [0.29, 0.717) is 22.4 Å². The lowest BCUT2D eigenvalue weighted by atomic mass is 10.1. The SMILES string of the molecule is Cc1ccc(F)c(Cn2ncc3nc(C)[nH]c(=O)c32)c1. The molecule has 0 saturated heterocycles. The number of aryl methyl sites for hydroxylation is 2. The first-order chi connectivity index (χ1) is 9.54. The average molecular weight is 272 g/mol. The van der Waals surface area contributed by atoms with Crippen molar-refractivity contribution < 1.29 is 4.39 Å². The maximum Gasteiger partial charge on any atom is 0.277 e. The van der Waals surface area contributed by atoms with Gasteiger partial charge in [-0.05, 0) is 19.9 Å². The molecule has 0 radical (unpaired) electrons. The highest BCUT2D eigenvalue weighted by molar-refractivity contribution is 5.72. The second kappa shape index (κ2) is 4.56. The summed E-state index contributed by atoms with van der Waals surface area (Å²) in [6.07, 6.45) is 1.52. The van der Waals surface area contributed by atoms with Crippen LogP contribution in [-0.2, 0) is 6.54 Å². The second-order valence-electron chi connectivity index (χ2n) is 4.78. The molecule has 1 N–H and O–H groups in total. The summed E-state index contributed by atoms with van der Waals surface area (Å²) in [6.45, 7) is 3.80. The largest absolute Gasteiger partial charge is 0.309 e. The topological polar surface area (TPSA) is 63.6 Å². The Morgan fingerprint density at radius 3 is 2.95 bits per heavy atom. The molecule has 0 atom stereocenters.